The molecule has 1 rings (SSSR count). The predicted molar refractivity (Wildman–Crippen MR) is 47.6 cm³/mol. The zero-order chi connectivity index (χ0) is 9.84. The molecule has 4 N–H and O–H groups in total. The van der Waals surface area contributed by atoms with Crippen molar-refractivity contribution in [2.45, 2.75) is 25.3 Å². The van der Waals surface area contributed by atoms with Gasteiger partial charge in [-0.2, -0.15) is 0 Å². The number of nitrogens with zero attached hydrogens (tertiary/aromatic N) is 1. The fraction of sp³-hybridized carbons (Fsp3) is 0.750. The van der Waals surface area contributed by atoms with E-state index in [-0.39, 0.29) is 11.9 Å². The number of hydrogen-bond acceptors (Lipinski definition) is 3. The van der Waals surface area contributed by atoms with Crippen LogP contribution in [-0.2, 0) is 9.59 Å². The maximum absolute atomic E-state index is 11.4. The van der Waals surface area contributed by atoms with E-state index >= 15 is 0 Å². The lowest BCUT2D eigenvalue weighted by Gasteiger charge is -2.38. The molecule has 0 radical (unpaired) electrons. The summed E-state index contributed by atoms with van der Waals surface area (Å²) in [6.45, 7) is 1.15. The van der Waals surface area contributed by atoms with Crippen LogP contribution in [0.4, 0.5) is 0 Å². The second-order valence-electron chi connectivity index (χ2n) is 3.19. The quantitative estimate of drug-likeness (QED) is 0.577. The van der Waals surface area contributed by atoms with E-state index in [4.69, 9.17) is 11.5 Å². The van der Waals surface area contributed by atoms with Gasteiger partial charge in [-0.15, -0.1) is 0 Å². The average molecular weight is 185 g/mol. The van der Waals surface area contributed by atoms with E-state index in [0.29, 0.717) is 32.4 Å². The number of carbonyl (C=O) groups is 2. The van der Waals surface area contributed by atoms with Crippen LogP contribution in [0.3, 0.4) is 0 Å². The van der Waals surface area contributed by atoms with Crippen LogP contribution in [0.5, 0.6) is 0 Å². The van der Waals surface area contributed by atoms with Crippen LogP contribution >= 0.6 is 0 Å². The van der Waals surface area contributed by atoms with E-state index in [0.717, 1.165) is 0 Å². The van der Waals surface area contributed by atoms with E-state index in [1.54, 1.807) is 0 Å². The highest BCUT2D eigenvalue weighted by atomic mass is 16.2. The molecule has 1 unspecified atom stereocenters. The summed E-state index contributed by atoms with van der Waals surface area (Å²) in [5.74, 6) is -0.423. The van der Waals surface area contributed by atoms with Crippen molar-refractivity contribution < 1.29 is 9.59 Å². The molecule has 1 aliphatic rings. The normalized spacial score (nSPS) is 21.0. The summed E-state index contributed by atoms with van der Waals surface area (Å²) in [5, 5.41) is 0. The molecule has 13 heavy (non-hydrogen) atoms. The smallest absolute Gasteiger partial charge is 0.240 e. The van der Waals surface area contributed by atoms with Gasteiger partial charge in [-0.25, -0.2) is 0 Å². The van der Waals surface area contributed by atoms with Gasteiger partial charge >= 0.3 is 0 Å². The molecule has 5 nitrogen and oxygen atoms in total. The zero-order valence-electron chi connectivity index (χ0n) is 7.53. The Morgan fingerprint density at radius 2 is 2.15 bits per heavy atom. The van der Waals surface area contributed by atoms with Crippen LogP contribution in [0.25, 0.3) is 0 Å². The Morgan fingerprint density at radius 1 is 1.46 bits per heavy atom. The molecule has 1 heterocycles. The molecule has 0 aliphatic carbocycles. The van der Waals surface area contributed by atoms with Crippen LogP contribution in [-0.4, -0.2) is 35.8 Å². The first-order valence-electron chi connectivity index (χ1n) is 4.45. The zero-order valence-corrected chi connectivity index (χ0v) is 7.53. The van der Waals surface area contributed by atoms with Crippen LogP contribution in [0.2, 0.25) is 0 Å². The van der Waals surface area contributed by atoms with Gasteiger partial charge in [0, 0.05) is 13.0 Å². The maximum Gasteiger partial charge on any atom is 0.240 e. The van der Waals surface area contributed by atoms with Crippen molar-refractivity contribution >= 4 is 11.8 Å². The van der Waals surface area contributed by atoms with Crippen molar-refractivity contribution in [3.8, 4) is 0 Å². The highest BCUT2D eigenvalue weighted by Crippen LogP contribution is 2.18. The Hall–Kier alpha value is -1.10. The third kappa shape index (κ3) is 2.18. The summed E-state index contributed by atoms with van der Waals surface area (Å²) in [6.07, 6.45) is 1.78. The lowest BCUT2D eigenvalue weighted by Crippen LogP contribution is -2.57. The molecule has 0 bridgehead atoms. The number of primary amides is 1. The predicted octanol–water partition coefficient (Wildman–Crippen LogP) is -1.19. The Balaban J connectivity index is 2.35. The minimum atomic E-state index is -0.410. The molecule has 1 fully saturated rings. The fourth-order valence-electron chi connectivity index (χ4n) is 1.38. The van der Waals surface area contributed by atoms with E-state index < -0.39 is 5.91 Å². The van der Waals surface area contributed by atoms with Gasteiger partial charge < -0.3 is 16.4 Å². The second-order valence-corrected chi connectivity index (χ2v) is 3.19. The van der Waals surface area contributed by atoms with E-state index in [9.17, 15) is 9.59 Å². The van der Waals surface area contributed by atoms with Crippen molar-refractivity contribution in [2.24, 2.45) is 11.5 Å². The van der Waals surface area contributed by atoms with Crippen molar-refractivity contribution in [1.82, 2.24) is 4.90 Å². The molecule has 2 amide bonds. The Morgan fingerprint density at radius 3 is 2.54 bits per heavy atom. The van der Waals surface area contributed by atoms with Crippen LogP contribution in [0, 0.1) is 0 Å². The Kier molecular flexibility index (Phi) is 3.25. The minimum absolute atomic E-state index is 0.0134. The van der Waals surface area contributed by atoms with Gasteiger partial charge in [-0.05, 0) is 19.4 Å². The van der Waals surface area contributed by atoms with Crippen LogP contribution < -0.4 is 11.5 Å². The highest BCUT2D eigenvalue weighted by Gasteiger charge is 2.35. The van der Waals surface area contributed by atoms with Crippen molar-refractivity contribution in [3.63, 3.8) is 0 Å². The summed E-state index contributed by atoms with van der Waals surface area (Å²) in [4.78, 5) is 23.7. The van der Waals surface area contributed by atoms with Gasteiger partial charge in [0.15, 0.2) is 0 Å². The summed E-state index contributed by atoms with van der Waals surface area (Å²) in [6, 6.07) is -0.370. The molecule has 0 aromatic carbocycles. The second kappa shape index (κ2) is 4.23. The number of rotatable bonds is 4. The molecule has 1 saturated heterocycles. The third-order valence-corrected chi connectivity index (χ3v) is 2.26. The minimum Gasteiger partial charge on any atom is -0.368 e. The Bertz CT molecular complexity index is 217. The topological polar surface area (TPSA) is 89.4 Å². The number of nitrogens with two attached hydrogens (primary N) is 2. The summed E-state index contributed by atoms with van der Waals surface area (Å²) in [7, 11) is 0. The molecular formula is C8H15N3O2. The molecule has 5 heteroatoms. The highest BCUT2D eigenvalue weighted by molar-refractivity contribution is 5.88. The van der Waals surface area contributed by atoms with E-state index in [1.807, 2.05) is 0 Å². The van der Waals surface area contributed by atoms with Gasteiger partial charge in [0.25, 0.3) is 0 Å². The average Bonchev–Trinajstić information content (AvgIpc) is 1.97. The molecule has 0 aromatic heterocycles. The monoisotopic (exact) mass is 185 g/mol. The van der Waals surface area contributed by atoms with Gasteiger partial charge in [0.05, 0.1) is 0 Å². The molecule has 1 atom stereocenters. The molecule has 1 aliphatic heterocycles. The standard InChI is InChI=1S/C8H15N3O2/c9-4-1-2-7(12)11-5-3-6(11)8(10)13/h6H,1-5,9H2,(H2,10,13). The summed E-state index contributed by atoms with van der Waals surface area (Å²) < 4.78 is 0. The summed E-state index contributed by atoms with van der Waals surface area (Å²) in [5.41, 5.74) is 10.4. The molecule has 0 spiro atoms. The van der Waals surface area contributed by atoms with Gasteiger partial charge in [-0.1, -0.05) is 0 Å². The number of amides is 2. The first-order chi connectivity index (χ1) is 6.16. The first-order valence-corrected chi connectivity index (χ1v) is 4.45. The third-order valence-electron chi connectivity index (χ3n) is 2.26. The lowest BCUT2D eigenvalue weighted by molar-refractivity contribution is -0.146. The van der Waals surface area contributed by atoms with Crippen molar-refractivity contribution in [1.29, 1.82) is 0 Å². The lowest BCUT2D eigenvalue weighted by atomic mass is 10.0. The maximum atomic E-state index is 11.4. The van der Waals surface area contributed by atoms with Gasteiger partial charge in [0.2, 0.25) is 11.8 Å². The van der Waals surface area contributed by atoms with E-state index in [2.05, 4.69) is 0 Å². The SMILES string of the molecule is NCCCC(=O)N1CCC1C(N)=O. The first kappa shape index (κ1) is 9.98. The van der Waals surface area contributed by atoms with E-state index in [1.165, 1.54) is 4.90 Å². The molecule has 74 valence electrons. The molecule has 0 saturated carbocycles. The van der Waals surface area contributed by atoms with Gasteiger partial charge in [0.1, 0.15) is 6.04 Å². The van der Waals surface area contributed by atoms with Crippen LogP contribution in [0.1, 0.15) is 19.3 Å². The number of hydrogen-bond donors (Lipinski definition) is 2. The van der Waals surface area contributed by atoms with Crippen molar-refractivity contribution in [2.75, 3.05) is 13.1 Å². The molecular weight excluding hydrogens is 170 g/mol. The fourth-order valence-corrected chi connectivity index (χ4v) is 1.38. The number of carbonyl (C=O) groups excluding carboxylic acids is 2. The summed E-state index contributed by atoms with van der Waals surface area (Å²) >= 11 is 0. The van der Waals surface area contributed by atoms with Crippen LogP contribution in [0.15, 0.2) is 0 Å². The number of likely N-dealkylation sites (tertiary alicyclic amines) is 1. The largest absolute Gasteiger partial charge is 0.368 e. The Labute approximate surface area is 77.1 Å². The molecule has 0 aromatic rings. The van der Waals surface area contributed by atoms with Crippen molar-refractivity contribution in [3.05, 3.63) is 0 Å². The van der Waals surface area contributed by atoms with Gasteiger partial charge in [-0.3, -0.25) is 9.59 Å².